The normalized spacial score (nSPS) is 20.2. The van der Waals surface area contributed by atoms with E-state index in [-0.39, 0.29) is 21.8 Å². The molecular formula is C17H18ClFN2O2S. The zero-order valence-electron chi connectivity index (χ0n) is 13.2. The van der Waals surface area contributed by atoms with Crippen LogP contribution in [0.1, 0.15) is 11.6 Å². The molecule has 0 aliphatic carbocycles. The number of nitrogens with zero attached hydrogens (tertiary/aromatic N) is 2. The number of halogens is 2. The average Bonchev–Trinajstić information content (AvgIpc) is 2.56. The van der Waals surface area contributed by atoms with Gasteiger partial charge in [-0.3, -0.25) is 4.90 Å². The second-order valence-electron chi connectivity index (χ2n) is 5.84. The minimum Gasteiger partial charge on any atom is -0.297 e. The van der Waals surface area contributed by atoms with Crippen molar-refractivity contribution >= 4 is 21.6 Å². The molecule has 1 heterocycles. The summed E-state index contributed by atoms with van der Waals surface area (Å²) in [6, 6.07) is 12.5. The Kier molecular flexibility index (Phi) is 4.92. The van der Waals surface area contributed by atoms with Gasteiger partial charge in [-0.25, -0.2) is 12.8 Å². The molecule has 3 rings (SSSR count). The monoisotopic (exact) mass is 368 g/mol. The molecule has 0 aromatic heterocycles. The highest BCUT2D eigenvalue weighted by Gasteiger charge is 2.34. The van der Waals surface area contributed by atoms with Crippen LogP contribution < -0.4 is 0 Å². The van der Waals surface area contributed by atoms with Crippen LogP contribution in [0.25, 0.3) is 0 Å². The Hall–Kier alpha value is -1.47. The molecule has 1 fully saturated rings. The number of rotatable bonds is 3. The van der Waals surface area contributed by atoms with E-state index in [2.05, 4.69) is 4.90 Å². The molecule has 4 nitrogen and oxygen atoms in total. The number of piperazine rings is 1. The Labute approximate surface area is 146 Å². The van der Waals surface area contributed by atoms with Gasteiger partial charge in [0.25, 0.3) is 0 Å². The summed E-state index contributed by atoms with van der Waals surface area (Å²) >= 11 is 6.07. The molecule has 2 aromatic carbocycles. The number of hydrogen-bond acceptors (Lipinski definition) is 3. The van der Waals surface area contributed by atoms with Crippen molar-refractivity contribution < 1.29 is 12.8 Å². The third-order valence-corrected chi connectivity index (χ3v) is 6.68. The van der Waals surface area contributed by atoms with Crippen LogP contribution in [0.3, 0.4) is 0 Å². The van der Waals surface area contributed by atoms with Gasteiger partial charge in [-0.15, -0.1) is 0 Å². The first-order chi connectivity index (χ1) is 11.4. The molecule has 2 aromatic rings. The first-order valence-electron chi connectivity index (χ1n) is 7.60. The Bertz CT molecular complexity index is 827. The number of likely N-dealkylation sites (N-methyl/N-ethyl adjacent to an activating group) is 1. The van der Waals surface area contributed by atoms with E-state index >= 15 is 0 Å². The molecular weight excluding hydrogens is 351 g/mol. The Morgan fingerprint density at radius 1 is 1.08 bits per heavy atom. The Morgan fingerprint density at radius 2 is 1.75 bits per heavy atom. The predicted molar refractivity (Wildman–Crippen MR) is 92.0 cm³/mol. The van der Waals surface area contributed by atoms with Gasteiger partial charge in [0.05, 0.1) is 5.02 Å². The number of benzene rings is 2. The van der Waals surface area contributed by atoms with Gasteiger partial charge in [0, 0.05) is 25.7 Å². The largest absolute Gasteiger partial charge is 0.297 e. The van der Waals surface area contributed by atoms with E-state index in [1.54, 1.807) is 30.3 Å². The van der Waals surface area contributed by atoms with Crippen LogP contribution in [0.4, 0.5) is 4.39 Å². The molecule has 128 valence electrons. The topological polar surface area (TPSA) is 40.6 Å². The van der Waals surface area contributed by atoms with E-state index in [0.717, 1.165) is 5.56 Å². The summed E-state index contributed by atoms with van der Waals surface area (Å²) in [6.45, 7) is 1.28. The van der Waals surface area contributed by atoms with Crippen LogP contribution in [0, 0.1) is 5.82 Å². The van der Waals surface area contributed by atoms with Crippen LogP contribution >= 0.6 is 11.6 Å². The highest BCUT2D eigenvalue weighted by Crippen LogP contribution is 2.30. The molecule has 1 saturated heterocycles. The maximum atomic E-state index is 13.1. The predicted octanol–water partition coefficient (Wildman–Crippen LogP) is 3.16. The first-order valence-corrected chi connectivity index (χ1v) is 9.42. The molecule has 0 saturated carbocycles. The highest BCUT2D eigenvalue weighted by atomic mass is 35.5. The Balaban J connectivity index is 1.90. The molecule has 1 atom stereocenters. The smallest absolute Gasteiger partial charge is 0.244 e. The molecule has 0 N–H and O–H groups in total. The fourth-order valence-electron chi connectivity index (χ4n) is 2.90. The van der Waals surface area contributed by atoms with Crippen molar-refractivity contribution in [2.45, 2.75) is 10.9 Å². The van der Waals surface area contributed by atoms with Gasteiger partial charge in [0.15, 0.2) is 0 Å². The summed E-state index contributed by atoms with van der Waals surface area (Å²) in [6.07, 6.45) is 0. The van der Waals surface area contributed by atoms with Gasteiger partial charge in [0.2, 0.25) is 10.0 Å². The van der Waals surface area contributed by atoms with E-state index < -0.39 is 10.0 Å². The standard InChI is InChI=1S/C17H18ClFN2O2S/c1-20-10-11-21(12-16(20)13-6-8-14(19)9-7-13)24(22,23)17-5-3-2-4-15(17)18/h2-9,16H,10-12H2,1H3. The SMILES string of the molecule is CN1CCN(S(=O)(=O)c2ccccc2Cl)CC1c1ccc(F)cc1. The van der Waals surface area contributed by atoms with Gasteiger partial charge in [-0.1, -0.05) is 35.9 Å². The molecule has 0 amide bonds. The summed E-state index contributed by atoms with van der Waals surface area (Å²) < 4.78 is 40.4. The fourth-order valence-corrected chi connectivity index (χ4v) is 4.84. The van der Waals surface area contributed by atoms with Crippen molar-refractivity contribution in [2.24, 2.45) is 0 Å². The summed E-state index contributed by atoms with van der Waals surface area (Å²) in [5.41, 5.74) is 0.887. The highest BCUT2D eigenvalue weighted by molar-refractivity contribution is 7.89. The van der Waals surface area contributed by atoms with E-state index in [1.165, 1.54) is 22.5 Å². The van der Waals surface area contributed by atoms with Crippen molar-refractivity contribution in [1.82, 2.24) is 9.21 Å². The molecule has 0 radical (unpaired) electrons. The molecule has 0 spiro atoms. The minimum atomic E-state index is -3.66. The lowest BCUT2D eigenvalue weighted by atomic mass is 10.0. The molecule has 24 heavy (non-hydrogen) atoms. The van der Waals surface area contributed by atoms with Crippen molar-refractivity contribution in [3.05, 3.63) is 64.9 Å². The lowest BCUT2D eigenvalue weighted by Crippen LogP contribution is -2.48. The summed E-state index contributed by atoms with van der Waals surface area (Å²) in [4.78, 5) is 2.19. The number of sulfonamides is 1. The van der Waals surface area contributed by atoms with Crippen molar-refractivity contribution in [3.63, 3.8) is 0 Å². The maximum absolute atomic E-state index is 13.1. The molecule has 1 aliphatic heterocycles. The van der Waals surface area contributed by atoms with Gasteiger partial charge >= 0.3 is 0 Å². The van der Waals surface area contributed by atoms with Crippen LogP contribution in [0.2, 0.25) is 5.02 Å². The summed E-state index contributed by atoms with van der Waals surface area (Å²) in [5, 5.41) is 0.217. The quantitative estimate of drug-likeness (QED) is 0.835. The summed E-state index contributed by atoms with van der Waals surface area (Å²) in [7, 11) is -1.73. The van der Waals surface area contributed by atoms with Gasteiger partial charge in [0.1, 0.15) is 10.7 Å². The van der Waals surface area contributed by atoms with Gasteiger partial charge in [-0.05, 0) is 36.9 Å². The first kappa shape index (κ1) is 17.4. The van der Waals surface area contributed by atoms with E-state index in [9.17, 15) is 12.8 Å². The zero-order valence-corrected chi connectivity index (χ0v) is 14.8. The second-order valence-corrected chi connectivity index (χ2v) is 8.15. The average molecular weight is 369 g/mol. The lowest BCUT2D eigenvalue weighted by Gasteiger charge is -2.39. The number of hydrogen-bond donors (Lipinski definition) is 0. The Morgan fingerprint density at radius 3 is 2.42 bits per heavy atom. The molecule has 7 heteroatoms. The maximum Gasteiger partial charge on any atom is 0.244 e. The van der Waals surface area contributed by atoms with E-state index in [0.29, 0.717) is 19.6 Å². The molecule has 0 bridgehead atoms. The lowest BCUT2D eigenvalue weighted by molar-refractivity contribution is 0.148. The summed E-state index contributed by atoms with van der Waals surface area (Å²) in [5.74, 6) is -0.308. The second kappa shape index (κ2) is 6.80. The van der Waals surface area contributed by atoms with Crippen molar-refractivity contribution in [1.29, 1.82) is 0 Å². The van der Waals surface area contributed by atoms with Crippen LogP contribution in [0.15, 0.2) is 53.4 Å². The minimum absolute atomic E-state index is 0.120. The van der Waals surface area contributed by atoms with Gasteiger partial charge in [-0.2, -0.15) is 4.31 Å². The molecule has 1 aliphatic rings. The van der Waals surface area contributed by atoms with E-state index in [1.807, 2.05) is 7.05 Å². The van der Waals surface area contributed by atoms with Crippen LogP contribution in [0.5, 0.6) is 0 Å². The third-order valence-electron chi connectivity index (χ3n) is 4.32. The molecule has 1 unspecified atom stereocenters. The fraction of sp³-hybridized carbons (Fsp3) is 0.294. The van der Waals surface area contributed by atoms with Gasteiger partial charge < -0.3 is 0 Å². The third kappa shape index (κ3) is 3.32. The zero-order chi connectivity index (χ0) is 17.3. The van der Waals surface area contributed by atoms with Crippen molar-refractivity contribution in [2.75, 3.05) is 26.7 Å². The van der Waals surface area contributed by atoms with Crippen LogP contribution in [-0.2, 0) is 10.0 Å². The van der Waals surface area contributed by atoms with Crippen LogP contribution in [-0.4, -0.2) is 44.3 Å². The van der Waals surface area contributed by atoms with Crippen molar-refractivity contribution in [3.8, 4) is 0 Å². The van der Waals surface area contributed by atoms with E-state index in [4.69, 9.17) is 11.6 Å².